The Kier molecular flexibility index (Phi) is 4.10. The average Bonchev–Trinajstić information content (AvgIpc) is 2.80. The molecule has 1 spiro atoms. The van der Waals surface area contributed by atoms with Crippen molar-refractivity contribution in [1.29, 1.82) is 0 Å². The number of nitrogens with one attached hydrogen (secondary N) is 1. The van der Waals surface area contributed by atoms with Crippen molar-refractivity contribution in [1.82, 2.24) is 9.62 Å². The van der Waals surface area contributed by atoms with Crippen LogP contribution in [0.25, 0.3) is 0 Å². The van der Waals surface area contributed by atoms with Crippen molar-refractivity contribution in [3.8, 4) is 0 Å². The van der Waals surface area contributed by atoms with Gasteiger partial charge in [-0.05, 0) is 24.8 Å². The minimum Gasteiger partial charge on any atom is -0.445 e. The third-order valence-electron chi connectivity index (χ3n) is 4.26. The fourth-order valence-corrected chi connectivity index (χ4v) is 4.84. The fraction of sp³-hybridized carbons (Fsp3) is 0.533. The van der Waals surface area contributed by atoms with Crippen LogP contribution in [-0.2, 0) is 21.4 Å². The van der Waals surface area contributed by atoms with Gasteiger partial charge in [0.15, 0.2) is 0 Å². The first-order chi connectivity index (χ1) is 10.5. The van der Waals surface area contributed by atoms with E-state index in [1.54, 1.807) is 4.90 Å². The molecule has 3 rings (SSSR count). The summed E-state index contributed by atoms with van der Waals surface area (Å²) in [5.74, 6) is 0.139. The van der Waals surface area contributed by atoms with Crippen molar-refractivity contribution >= 4 is 16.1 Å². The molecule has 1 aromatic rings. The molecule has 120 valence electrons. The Bertz CT molecular complexity index is 647. The van der Waals surface area contributed by atoms with Gasteiger partial charge in [0.05, 0.1) is 11.3 Å². The van der Waals surface area contributed by atoms with Gasteiger partial charge in [0.1, 0.15) is 6.61 Å². The zero-order valence-corrected chi connectivity index (χ0v) is 13.1. The van der Waals surface area contributed by atoms with E-state index in [2.05, 4.69) is 4.72 Å². The summed E-state index contributed by atoms with van der Waals surface area (Å²) in [7, 11) is -3.19. The first kappa shape index (κ1) is 15.3. The maximum absolute atomic E-state index is 12.2. The lowest BCUT2D eigenvalue weighted by molar-refractivity contribution is 0.0711. The van der Waals surface area contributed by atoms with Crippen LogP contribution in [0.2, 0.25) is 0 Å². The number of amides is 1. The lowest BCUT2D eigenvalue weighted by Crippen LogP contribution is -2.55. The Morgan fingerprint density at radius 1 is 1.27 bits per heavy atom. The number of nitrogens with zero attached hydrogens (tertiary/aromatic N) is 1. The zero-order valence-electron chi connectivity index (χ0n) is 12.3. The summed E-state index contributed by atoms with van der Waals surface area (Å²) in [6.07, 6.45) is 1.73. The second-order valence-corrected chi connectivity index (χ2v) is 7.86. The van der Waals surface area contributed by atoms with E-state index in [0.29, 0.717) is 19.5 Å². The molecule has 1 atom stereocenters. The topological polar surface area (TPSA) is 75.7 Å². The molecule has 2 saturated heterocycles. The molecule has 2 aliphatic rings. The number of hydrogen-bond donors (Lipinski definition) is 1. The van der Waals surface area contributed by atoms with Crippen LogP contribution < -0.4 is 4.72 Å². The number of benzene rings is 1. The number of piperidine rings is 1. The largest absolute Gasteiger partial charge is 0.445 e. The highest BCUT2D eigenvalue weighted by Crippen LogP contribution is 2.30. The van der Waals surface area contributed by atoms with Crippen LogP contribution in [0.5, 0.6) is 0 Å². The SMILES string of the molecule is O=C(OCc1ccccc1)N1CCCC2(CCS(=O)(=O)N2)C1. The second kappa shape index (κ2) is 5.89. The predicted octanol–water partition coefficient (Wildman–Crippen LogP) is 1.48. The van der Waals surface area contributed by atoms with Crippen LogP contribution in [0.4, 0.5) is 4.79 Å². The van der Waals surface area contributed by atoms with E-state index in [-0.39, 0.29) is 18.5 Å². The number of carbonyl (C=O) groups is 1. The number of sulfonamides is 1. The Balaban J connectivity index is 1.59. The number of carbonyl (C=O) groups excluding carboxylic acids is 1. The molecule has 0 aliphatic carbocycles. The van der Waals surface area contributed by atoms with Crippen LogP contribution in [0.1, 0.15) is 24.8 Å². The van der Waals surface area contributed by atoms with Crippen molar-refractivity contribution in [2.75, 3.05) is 18.8 Å². The Morgan fingerprint density at radius 2 is 2.05 bits per heavy atom. The summed E-state index contributed by atoms with van der Waals surface area (Å²) in [4.78, 5) is 13.8. The monoisotopic (exact) mass is 324 g/mol. The Hall–Kier alpha value is -1.60. The molecule has 0 bridgehead atoms. The van der Waals surface area contributed by atoms with E-state index in [9.17, 15) is 13.2 Å². The lowest BCUT2D eigenvalue weighted by Gasteiger charge is -2.39. The van der Waals surface area contributed by atoms with Crippen LogP contribution >= 0.6 is 0 Å². The molecule has 2 fully saturated rings. The maximum Gasteiger partial charge on any atom is 0.410 e. The molecule has 2 heterocycles. The molecule has 7 heteroatoms. The van der Waals surface area contributed by atoms with Gasteiger partial charge >= 0.3 is 6.09 Å². The predicted molar refractivity (Wildman–Crippen MR) is 81.7 cm³/mol. The number of rotatable bonds is 2. The minimum atomic E-state index is -3.19. The van der Waals surface area contributed by atoms with Crippen molar-refractivity contribution in [3.05, 3.63) is 35.9 Å². The fourth-order valence-electron chi connectivity index (χ4n) is 3.15. The summed E-state index contributed by atoms with van der Waals surface area (Å²) >= 11 is 0. The van der Waals surface area contributed by atoms with E-state index in [1.807, 2.05) is 30.3 Å². The minimum absolute atomic E-state index is 0.139. The normalized spacial score (nSPS) is 27.0. The molecular weight excluding hydrogens is 304 g/mol. The third-order valence-corrected chi connectivity index (χ3v) is 5.75. The quantitative estimate of drug-likeness (QED) is 0.894. The first-order valence-corrected chi connectivity index (χ1v) is 9.11. The number of ether oxygens (including phenoxy) is 1. The Morgan fingerprint density at radius 3 is 2.73 bits per heavy atom. The smallest absolute Gasteiger partial charge is 0.410 e. The lowest BCUT2D eigenvalue weighted by atomic mass is 9.88. The van der Waals surface area contributed by atoms with E-state index in [0.717, 1.165) is 18.4 Å². The highest BCUT2D eigenvalue weighted by molar-refractivity contribution is 7.89. The summed E-state index contributed by atoms with van der Waals surface area (Å²) in [5, 5.41) is 0. The highest BCUT2D eigenvalue weighted by Gasteiger charge is 2.45. The molecule has 1 unspecified atom stereocenters. The summed E-state index contributed by atoms with van der Waals surface area (Å²) in [5.41, 5.74) is 0.437. The van der Waals surface area contributed by atoms with Gasteiger partial charge in [-0.15, -0.1) is 0 Å². The van der Waals surface area contributed by atoms with Gasteiger partial charge in [-0.2, -0.15) is 0 Å². The standard InChI is InChI=1S/C15H20N2O4S/c18-14(21-11-13-5-2-1-3-6-13)17-9-4-7-15(12-17)8-10-22(19,20)16-15/h1-3,5-6,16H,4,7-12H2. The van der Waals surface area contributed by atoms with Crippen LogP contribution in [-0.4, -0.2) is 43.8 Å². The first-order valence-electron chi connectivity index (χ1n) is 7.45. The van der Waals surface area contributed by atoms with E-state index in [1.165, 1.54) is 0 Å². The number of hydrogen-bond acceptors (Lipinski definition) is 4. The van der Waals surface area contributed by atoms with E-state index >= 15 is 0 Å². The molecule has 22 heavy (non-hydrogen) atoms. The van der Waals surface area contributed by atoms with Crippen LogP contribution in [0, 0.1) is 0 Å². The Labute approximate surface area is 130 Å². The van der Waals surface area contributed by atoms with Crippen molar-refractivity contribution in [2.45, 2.75) is 31.4 Å². The maximum atomic E-state index is 12.2. The molecule has 1 N–H and O–H groups in total. The summed E-state index contributed by atoms with van der Waals surface area (Å²) in [6, 6.07) is 9.50. The van der Waals surface area contributed by atoms with Crippen molar-refractivity contribution in [2.24, 2.45) is 0 Å². The van der Waals surface area contributed by atoms with E-state index < -0.39 is 15.6 Å². The van der Waals surface area contributed by atoms with Gasteiger partial charge < -0.3 is 9.64 Å². The molecule has 0 aromatic heterocycles. The molecule has 1 amide bonds. The van der Waals surface area contributed by atoms with Crippen molar-refractivity contribution in [3.63, 3.8) is 0 Å². The molecule has 0 radical (unpaired) electrons. The van der Waals surface area contributed by atoms with Crippen molar-refractivity contribution < 1.29 is 17.9 Å². The van der Waals surface area contributed by atoms with Crippen LogP contribution in [0.3, 0.4) is 0 Å². The van der Waals surface area contributed by atoms with Gasteiger partial charge in [0.2, 0.25) is 10.0 Å². The van der Waals surface area contributed by atoms with E-state index in [4.69, 9.17) is 4.74 Å². The van der Waals surface area contributed by atoms with Gasteiger partial charge in [-0.3, -0.25) is 0 Å². The third kappa shape index (κ3) is 3.41. The average molecular weight is 324 g/mol. The van der Waals surface area contributed by atoms with Gasteiger partial charge in [0, 0.05) is 13.1 Å². The molecule has 2 aliphatic heterocycles. The summed E-state index contributed by atoms with van der Waals surface area (Å²) in [6.45, 7) is 1.23. The molecule has 0 saturated carbocycles. The molecule has 6 nitrogen and oxygen atoms in total. The highest BCUT2D eigenvalue weighted by atomic mass is 32.2. The van der Waals surface area contributed by atoms with Gasteiger partial charge in [-0.25, -0.2) is 17.9 Å². The molecular formula is C15H20N2O4S. The van der Waals surface area contributed by atoms with Crippen LogP contribution in [0.15, 0.2) is 30.3 Å². The zero-order chi connectivity index (χ0) is 15.6. The number of likely N-dealkylation sites (tertiary alicyclic amines) is 1. The second-order valence-electron chi connectivity index (χ2n) is 6.02. The summed E-state index contributed by atoms with van der Waals surface area (Å²) < 4.78 is 31.3. The van der Waals surface area contributed by atoms with Gasteiger partial charge in [0.25, 0.3) is 0 Å². The molecule has 1 aromatic carbocycles. The van der Waals surface area contributed by atoms with Gasteiger partial charge in [-0.1, -0.05) is 30.3 Å².